The number of likely N-dealkylation sites (tertiary alicyclic amines) is 1. The van der Waals surface area contributed by atoms with Crippen LogP contribution in [0, 0.1) is 0 Å². The number of carbonyl (C=O) groups excluding carboxylic acids is 1. The lowest BCUT2D eigenvalue weighted by Gasteiger charge is -2.27. The Morgan fingerprint density at radius 1 is 1.33 bits per heavy atom. The molecule has 2 N–H and O–H groups in total. The molecule has 0 aliphatic carbocycles. The van der Waals surface area contributed by atoms with E-state index in [1.54, 1.807) is 23.1 Å². The zero-order valence-electron chi connectivity index (χ0n) is 11.6. The fourth-order valence-electron chi connectivity index (χ4n) is 2.79. The SMILES string of the molecule is O=C(C(O)c1cc(Cl)cc(Cl)c1)N1CCCC1CCCO. The summed E-state index contributed by atoms with van der Waals surface area (Å²) >= 11 is 11.8. The van der Waals surface area contributed by atoms with Crippen LogP contribution in [0.5, 0.6) is 0 Å². The van der Waals surface area contributed by atoms with Crippen molar-refractivity contribution in [2.24, 2.45) is 0 Å². The standard InChI is InChI=1S/C15H19Cl2NO3/c16-11-7-10(8-12(17)9-11)14(20)15(21)18-5-1-3-13(18)4-2-6-19/h7-9,13-14,19-20H,1-6H2. The van der Waals surface area contributed by atoms with Crippen molar-refractivity contribution in [3.8, 4) is 0 Å². The smallest absolute Gasteiger partial charge is 0.256 e. The van der Waals surface area contributed by atoms with Crippen LogP contribution in [-0.4, -0.2) is 40.2 Å². The lowest BCUT2D eigenvalue weighted by Crippen LogP contribution is -2.39. The van der Waals surface area contributed by atoms with E-state index in [0.29, 0.717) is 28.6 Å². The van der Waals surface area contributed by atoms with Crippen molar-refractivity contribution in [2.75, 3.05) is 13.2 Å². The largest absolute Gasteiger partial charge is 0.396 e. The lowest BCUT2D eigenvalue weighted by atomic mass is 10.1. The van der Waals surface area contributed by atoms with E-state index in [1.165, 1.54) is 0 Å². The van der Waals surface area contributed by atoms with Gasteiger partial charge in [0.2, 0.25) is 0 Å². The Balaban J connectivity index is 2.10. The van der Waals surface area contributed by atoms with E-state index in [4.69, 9.17) is 28.3 Å². The molecule has 0 radical (unpaired) electrons. The highest BCUT2D eigenvalue weighted by atomic mass is 35.5. The van der Waals surface area contributed by atoms with Crippen molar-refractivity contribution in [2.45, 2.75) is 37.8 Å². The van der Waals surface area contributed by atoms with Crippen LogP contribution >= 0.6 is 23.2 Å². The van der Waals surface area contributed by atoms with Crippen LogP contribution in [-0.2, 0) is 4.79 Å². The maximum atomic E-state index is 12.5. The minimum absolute atomic E-state index is 0.0916. The fourth-order valence-corrected chi connectivity index (χ4v) is 3.33. The van der Waals surface area contributed by atoms with Gasteiger partial charge in [0.05, 0.1) is 0 Å². The minimum atomic E-state index is -1.25. The van der Waals surface area contributed by atoms with Crippen molar-refractivity contribution < 1.29 is 15.0 Å². The second-order valence-corrected chi connectivity index (χ2v) is 6.17. The number of hydrogen-bond acceptors (Lipinski definition) is 3. The number of halogens is 2. The molecule has 1 saturated heterocycles. The molecule has 0 saturated carbocycles. The van der Waals surface area contributed by atoms with Gasteiger partial charge in [0.15, 0.2) is 6.10 Å². The molecule has 1 aliphatic rings. The Morgan fingerprint density at radius 3 is 2.62 bits per heavy atom. The van der Waals surface area contributed by atoms with Crippen LogP contribution in [0.25, 0.3) is 0 Å². The third-order valence-electron chi connectivity index (χ3n) is 3.79. The van der Waals surface area contributed by atoms with E-state index in [9.17, 15) is 9.90 Å². The Hall–Kier alpha value is -0.810. The number of hydrogen-bond donors (Lipinski definition) is 2. The molecule has 4 nitrogen and oxygen atoms in total. The molecule has 0 aromatic heterocycles. The van der Waals surface area contributed by atoms with E-state index in [0.717, 1.165) is 19.3 Å². The van der Waals surface area contributed by atoms with Crippen molar-refractivity contribution >= 4 is 29.1 Å². The van der Waals surface area contributed by atoms with Gasteiger partial charge in [-0.25, -0.2) is 0 Å². The molecule has 2 unspecified atom stereocenters. The number of aliphatic hydroxyl groups is 2. The molecule has 1 heterocycles. The molecule has 116 valence electrons. The monoisotopic (exact) mass is 331 g/mol. The van der Waals surface area contributed by atoms with Crippen LogP contribution < -0.4 is 0 Å². The first-order chi connectivity index (χ1) is 10.0. The van der Waals surface area contributed by atoms with E-state index in [2.05, 4.69) is 0 Å². The van der Waals surface area contributed by atoms with E-state index >= 15 is 0 Å². The predicted molar refractivity (Wildman–Crippen MR) is 82.5 cm³/mol. The summed E-state index contributed by atoms with van der Waals surface area (Å²) in [6.45, 7) is 0.755. The highest BCUT2D eigenvalue weighted by Crippen LogP contribution is 2.28. The van der Waals surface area contributed by atoms with Gasteiger partial charge in [-0.05, 0) is 49.4 Å². The fraction of sp³-hybridized carbons (Fsp3) is 0.533. The molecule has 2 rings (SSSR count). The van der Waals surface area contributed by atoms with Crippen LogP contribution in [0.3, 0.4) is 0 Å². The molecule has 1 aromatic rings. The molecule has 0 spiro atoms. The summed E-state index contributed by atoms with van der Waals surface area (Å²) < 4.78 is 0. The molecule has 0 bridgehead atoms. The van der Waals surface area contributed by atoms with Crippen LogP contribution in [0.2, 0.25) is 10.0 Å². The number of nitrogens with zero attached hydrogens (tertiary/aromatic N) is 1. The van der Waals surface area contributed by atoms with Crippen molar-refractivity contribution in [1.29, 1.82) is 0 Å². The maximum Gasteiger partial charge on any atom is 0.256 e. The molecule has 1 aliphatic heterocycles. The average molecular weight is 332 g/mol. The summed E-state index contributed by atoms with van der Waals surface area (Å²) in [5.74, 6) is -0.325. The summed E-state index contributed by atoms with van der Waals surface area (Å²) in [4.78, 5) is 14.2. The van der Waals surface area contributed by atoms with Gasteiger partial charge in [-0.1, -0.05) is 23.2 Å². The van der Waals surface area contributed by atoms with Gasteiger partial charge in [-0.15, -0.1) is 0 Å². The first kappa shape index (κ1) is 16.6. The zero-order valence-corrected chi connectivity index (χ0v) is 13.1. The normalized spacial score (nSPS) is 19.8. The summed E-state index contributed by atoms with van der Waals surface area (Å²) in [5.41, 5.74) is 0.408. The van der Waals surface area contributed by atoms with Gasteiger partial charge < -0.3 is 15.1 Å². The van der Waals surface area contributed by atoms with E-state index in [1.807, 2.05) is 0 Å². The Labute approximate surface area is 134 Å². The van der Waals surface area contributed by atoms with Crippen molar-refractivity contribution in [3.05, 3.63) is 33.8 Å². The van der Waals surface area contributed by atoms with Crippen molar-refractivity contribution in [1.82, 2.24) is 4.90 Å². The van der Waals surface area contributed by atoms with Gasteiger partial charge in [-0.3, -0.25) is 4.79 Å². The molecule has 6 heteroatoms. The molecule has 21 heavy (non-hydrogen) atoms. The number of aliphatic hydroxyl groups excluding tert-OH is 2. The maximum absolute atomic E-state index is 12.5. The van der Waals surface area contributed by atoms with Crippen LogP contribution in [0.1, 0.15) is 37.4 Å². The Bertz CT molecular complexity index is 489. The van der Waals surface area contributed by atoms with Gasteiger partial charge in [0.25, 0.3) is 5.91 Å². The summed E-state index contributed by atoms with van der Waals surface area (Å²) in [6, 6.07) is 4.75. The summed E-state index contributed by atoms with van der Waals surface area (Å²) in [7, 11) is 0. The Kier molecular flexibility index (Phi) is 5.88. The van der Waals surface area contributed by atoms with Crippen LogP contribution in [0.4, 0.5) is 0 Å². The zero-order chi connectivity index (χ0) is 15.4. The molecule has 1 fully saturated rings. The molecule has 1 amide bonds. The van der Waals surface area contributed by atoms with Crippen molar-refractivity contribution in [3.63, 3.8) is 0 Å². The summed E-state index contributed by atoms with van der Waals surface area (Å²) in [5, 5.41) is 20.0. The van der Waals surface area contributed by atoms with E-state index in [-0.39, 0.29) is 18.6 Å². The van der Waals surface area contributed by atoms with Gasteiger partial charge in [-0.2, -0.15) is 0 Å². The number of benzene rings is 1. The molecule has 1 aromatic carbocycles. The molecular formula is C15H19Cl2NO3. The first-order valence-corrected chi connectivity index (χ1v) is 7.84. The van der Waals surface area contributed by atoms with Gasteiger partial charge >= 0.3 is 0 Å². The highest BCUT2D eigenvalue weighted by Gasteiger charge is 2.32. The third kappa shape index (κ3) is 4.10. The number of amides is 1. The average Bonchev–Trinajstić information content (AvgIpc) is 2.90. The minimum Gasteiger partial charge on any atom is -0.396 e. The topological polar surface area (TPSA) is 60.8 Å². The quantitative estimate of drug-likeness (QED) is 0.872. The van der Waals surface area contributed by atoms with E-state index < -0.39 is 6.10 Å². The van der Waals surface area contributed by atoms with Crippen LogP contribution in [0.15, 0.2) is 18.2 Å². The molecule has 2 atom stereocenters. The second kappa shape index (κ2) is 7.45. The van der Waals surface area contributed by atoms with Gasteiger partial charge in [0.1, 0.15) is 0 Å². The summed E-state index contributed by atoms with van der Waals surface area (Å²) in [6.07, 6.45) is 1.99. The third-order valence-corrected chi connectivity index (χ3v) is 4.23. The Morgan fingerprint density at radius 2 is 2.00 bits per heavy atom. The highest BCUT2D eigenvalue weighted by molar-refractivity contribution is 6.34. The number of carbonyl (C=O) groups is 1. The number of rotatable bonds is 5. The lowest BCUT2D eigenvalue weighted by molar-refractivity contribution is -0.141. The van der Waals surface area contributed by atoms with Gasteiger partial charge in [0, 0.05) is 29.2 Å². The predicted octanol–water partition coefficient (Wildman–Crippen LogP) is 2.79. The first-order valence-electron chi connectivity index (χ1n) is 7.08. The second-order valence-electron chi connectivity index (χ2n) is 5.30. The molecular weight excluding hydrogens is 313 g/mol.